The highest BCUT2D eigenvalue weighted by Crippen LogP contribution is 2.21. The fraction of sp³-hybridized carbons (Fsp3) is 0.318. The van der Waals surface area contributed by atoms with E-state index in [0.717, 1.165) is 0 Å². The van der Waals surface area contributed by atoms with Gasteiger partial charge in [-0.2, -0.15) is 0 Å². The summed E-state index contributed by atoms with van der Waals surface area (Å²) in [4.78, 5) is 36.9. The molecule has 0 bridgehead atoms. The van der Waals surface area contributed by atoms with Crippen molar-refractivity contribution in [2.75, 3.05) is 12.4 Å². The second-order valence-electron chi connectivity index (χ2n) is 7.39. The van der Waals surface area contributed by atoms with Crippen LogP contribution in [0.5, 0.6) is 5.75 Å². The third-order valence-corrected chi connectivity index (χ3v) is 4.09. The zero-order valence-electron chi connectivity index (χ0n) is 16.7. The van der Waals surface area contributed by atoms with Crippen LogP contribution in [0.3, 0.4) is 0 Å². The number of para-hydroxylation sites is 1. The highest BCUT2D eigenvalue weighted by molar-refractivity contribution is 6.02. The summed E-state index contributed by atoms with van der Waals surface area (Å²) in [5.74, 6) is -0.707. The molecule has 0 aliphatic rings. The van der Waals surface area contributed by atoms with E-state index in [9.17, 15) is 14.4 Å². The quantitative estimate of drug-likeness (QED) is 0.600. The Morgan fingerprint density at radius 1 is 0.964 bits per heavy atom. The van der Waals surface area contributed by atoms with Crippen molar-refractivity contribution in [3.05, 3.63) is 59.7 Å². The molecule has 0 saturated heterocycles. The molecular weight excluding hydrogens is 358 g/mol. The number of carbonyl (C=O) groups excluding carboxylic acids is 3. The van der Waals surface area contributed by atoms with Gasteiger partial charge in [-0.05, 0) is 43.3 Å². The molecule has 0 aliphatic carbocycles. The molecule has 0 heterocycles. The van der Waals surface area contributed by atoms with Crippen LogP contribution in [0.4, 0.5) is 5.69 Å². The minimum atomic E-state index is -0.965. The molecule has 0 spiro atoms. The van der Waals surface area contributed by atoms with Gasteiger partial charge in [-0.25, -0.2) is 4.79 Å². The van der Waals surface area contributed by atoms with E-state index in [4.69, 9.17) is 9.47 Å². The van der Waals surface area contributed by atoms with Gasteiger partial charge in [-0.1, -0.05) is 32.9 Å². The monoisotopic (exact) mass is 383 g/mol. The SMILES string of the molecule is COc1ccccc1C(=O)O[C@@H](C)C(=O)c1ccc(NC(=O)C(C)(C)C)cc1. The Morgan fingerprint density at radius 3 is 2.14 bits per heavy atom. The van der Waals surface area contributed by atoms with Gasteiger partial charge < -0.3 is 14.8 Å². The molecule has 148 valence electrons. The lowest BCUT2D eigenvalue weighted by Gasteiger charge is -2.18. The minimum absolute atomic E-state index is 0.120. The number of methoxy groups -OCH3 is 1. The van der Waals surface area contributed by atoms with Gasteiger partial charge in [-0.3, -0.25) is 9.59 Å². The molecular formula is C22H25NO5. The number of ether oxygens (including phenoxy) is 2. The first-order valence-electron chi connectivity index (χ1n) is 8.93. The van der Waals surface area contributed by atoms with Gasteiger partial charge in [0.05, 0.1) is 7.11 Å². The molecule has 0 saturated carbocycles. The van der Waals surface area contributed by atoms with Gasteiger partial charge in [-0.15, -0.1) is 0 Å². The Balaban J connectivity index is 2.05. The Bertz CT molecular complexity index is 865. The zero-order chi connectivity index (χ0) is 20.9. The van der Waals surface area contributed by atoms with Crippen LogP contribution in [0.2, 0.25) is 0 Å². The van der Waals surface area contributed by atoms with Crippen molar-refractivity contribution in [2.24, 2.45) is 5.41 Å². The molecule has 0 unspecified atom stereocenters. The first-order valence-corrected chi connectivity index (χ1v) is 8.93. The van der Waals surface area contributed by atoms with Crippen molar-refractivity contribution in [2.45, 2.75) is 33.8 Å². The molecule has 0 aliphatic heterocycles. The molecule has 0 radical (unpaired) electrons. The Hall–Kier alpha value is -3.15. The van der Waals surface area contributed by atoms with Crippen LogP contribution in [0.15, 0.2) is 48.5 Å². The molecule has 1 N–H and O–H groups in total. The summed E-state index contributed by atoms with van der Waals surface area (Å²) in [6.45, 7) is 6.97. The number of anilines is 1. The standard InChI is InChI=1S/C22H25NO5/c1-14(28-20(25)17-8-6-7-9-18(17)27-5)19(24)15-10-12-16(13-11-15)23-21(26)22(2,3)4/h6-14H,1-5H3,(H,23,26)/t14-/m0/s1. The highest BCUT2D eigenvalue weighted by Gasteiger charge is 2.23. The van der Waals surface area contributed by atoms with E-state index in [-0.39, 0.29) is 17.3 Å². The van der Waals surface area contributed by atoms with Crippen molar-refractivity contribution >= 4 is 23.3 Å². The topological polar surface area (TPSA) is 81.7 Å². The Labute approximate surface area is 164 Å². The summed E-state index contributed by atoms with van der Waals surface area (Å²) in [7, 11) is 1.46. The molecule has 2 rings (SSSR count). The smallest absolute Gasteiger partial charge is 0.342 e. The third-order valence-electron chi connectivity index (χ3n) is 4.09. The highest BCUT2D eigenvalue weighted by atomic mass is 16.5. The van der Waals surface area contributed by atoms with Crippen LogP contribution in [-0.4, -0.2) is 30.9 Å². The summed E-state index contributed by atoms with van der Waals surface area (Å²) in [6, 6.07) is 13.1. The van der Waals surface area contributed by atoms with E-state index in [0.29, 0.717) is 17.0 Å². The first-order chi connectivity index (χ1) is 13.1. The fourth-order valence-electron chi connectivity index (χ4n) is 2.36. The molecule has 6 nitrogen and oxygen atoms in total. The fourth-order valence-corrected chi connectivity index (χ4v) is 2.36. The summed E-state index contributed by atoms with van der Waals surface area (Å²) in [6.07, 6.45) is -0.965. The number of esters is 1. The number of ketones is 1. The zero-order valence-corrected chi connectivity index (χ0v) is 16.7. The number of nitrogens with one attached hydrogen (secondary N) is 1. The molecule has 0 fully saturated rings. The molecule has 2 aromatic rings. The number of hydrogen-bond donors (Lipinski definition) is 1. The number of hydrogen-bond acceptors (Lipinski definition) is 5. The average molecular weight is 383 g/mol. The predicted molar refractivity (Wildman–Crippen MR) is 107 cm³/mol. The Morgan fingerprint density at radius 2 is 1.57 bits per heavy atom. The van der Waals surface area contributed by atoms with E-state index in [1.807, 2.05) is 20.8 Å². The number of carbonyl (C=O) groups is 3. The third kappa shape index (κ3) is 5.19. The van der Waals surface area contributed by atoms with Crippen LogP contribution in [0.1, 0.15) is 48.4 Å². The van der Waals surface area contributed by atoms with Gasteiger partial charge in [0.25, 0.3) is 0 Å². The van der Waals surface area contributed by atoms with Crippen LogP contribution in [-0.2, 0) is 9.53 Å². The summed E-state index contributed by atoms with van der Waals surface area (Å²) >= 11 is 0. The van der Waals surface area contributed by atoms with E-state index in [1.54, 1.807) is 48.5 Å². The van der Waals surface area contributed by atoms with Gasteiger partial charge in [0, 0.05) is 16.7 Å². The Kier molecular flexibility index (Phi) is 6.57. The lowest BCUT2D eigenvalue weighted by atomic mass is 9.95. The molecule has 6 heteroatoms. The number of amides is 1. The van der Waals surface area contributed by atoms with Crippen molar-refractivity contribution in [3.63, 3.8) is 0 Å². The maximum Gasteiger partial charge on any atom is 0.342 e. The number of rotatable bonds is 6. The van der Waals surface area contributed by atoms with Gasteiger partial charge in [0.2, 0.25) is 11.7 Å². The average Bonchev–Trinajstić information content (AvgIpc) is 2.67. The van der Waals surface area contributed by atoms with Crippen molar-refractivity contribution in [3.8, 4) is 5.75 Å². The van der Waals surface area contributed by atoms with Crippen molar-refractivity contribution < 1.29 is 23.9 Å². The molecule has 1 amide bonds. The van der Waals surface area contributed by atoms with Gasteiger partial charge in [0.1, 0.15) is 11.3 Å². The van der Waals surface area contributed by atoms with Crippen LogP contribution < -0.4 is 10.1 Å². The van der Waals surface area contributed by atoms with Crippen LogP contribution >= 0.6 is 0 Å². The number of Topliss-reactive ketones (excluding diaryl/α,β-unsaturated/α-hetero) is 1. The second-order valence-corrected chi connectivity index (χ2v) is 7.39. The molecule has 28 heavy (non-hydrogen) atoms. The summed E-state index contributed by atoms with van der Waals surface area (Å²) in [5.41, 5.74) is 0.713. The van der Waals surface area contributed by atoms with Gasteiger partial charge in [0.15, 0.2) is 6.10 Å². The lowest BCUT2D eigenvalue weighted by molar-refractivity contribution is -0.123. The lowest BCUT2D eigenvalue weighted by Crippen LogP contribution is -2.27. The van der Waals surface area contributed by atoms with Crippen molar-refractivity contribution in [1.82, 2.24) is 0 Å². The first kappa shape index (κ1) is 21.2. The van der Waals surface area contributed by atoms with Gasteiger partial charge >= 0.3 is 5.97 Å². The summed E-state index contributed by atoms with van der Waals surface area (Å²) in [5, 5.41) is 2.79. The van der Waals surface area contributed by atoms with E-state index < -0.39 is 17.5 Å². The van der Waals surface area contributed by atoms with Crippen molar-refractivity contribution in [1.29, 1.82) is 0 Å². The number of benzene rings is 2. The van der Waals surface area contributed by atoms with Crippen LogP contribution in [0, 0.1) is 5.41 Å². The largest absolute Gasteiger partial charge is 0.496 e. The molecule has 2 aromatic carbocycles. The second kappa shape index (κ2) is 8.69. The maximum absolute atomic E-state index is 12.6. The van der Waals surface area contributed by atoms with Crippen LogP contribution in [0.25, 0.3) is 0 Å². The predicted octanol–water partition coefficient (Wildman–Crippen LogP) is 4.11. The van der Waals surface area contributed by atoms with E-state index in [1.165, 1.54) is 14.0 Å². The maximum atomic E-state index is 12.6. The summed E-state index contributed by atoms with van der Waals surface area (Å²) < 4.78 is 10.4. The molecule has 0 aromatic heterocycles. The van der Waals surface area contributed by atoms with E-state index >= 15 is 0 Å². The van der Waals surface area contributed by atoms with E-state index in [2.05, 4.69) is 5.32 Å². The normalized spacial score (nSPS) is 12.0. The minimum Gasteiger partial charge on any atom is -0.496 e. The molecule has 1 atom stereocenters.